The summed E-state index contributed by atoms with van der Waals surface area (Å²) in [6.45, 7) is 0.559. The maximum atomic E-state index is 5.83. The number of oxime groups is 1. The molecule has 0 radical (unpaired) electrons. The van der Waals surface area contributed by atoms with E-state index in [-0.39, 0.29) is 6.10 Å². The zero-order valence-corrected chi connectivity index (χ0v) is 11.1. The second-order valence-corrected chi connectivity index (χ2v) is 4.68. The van der Waals surface area contributed by atoms with Crippen molar-refractivity contribution in [3.63, 3.8) is 0 Å². The fraction of sp³-hybridized carbons (Fsp3) is 0.273. The minimum atomic E-state index is -0.0398. The molecular formula is C11H13ClN4OS. The molecule has 0 saturated carbocycles. The van der Waals surface area contributed by atoms with Gasteiger partial charge in [0.2, 0.25) is 0 Å². The van der Waals surface area contributed by atoms with E-state index in [0.29, 0.717) is 16.7 Å². The van der Waals surface area contributed by atoms with Gasteiger partial charge in [0.05, 0.1) is 12.3 Å². The molecule has 96 valence electrons. The maximum absolute atomic E-state index is 5.83. The van der Waals surface area contributed by atoms with Gasteiger partial charge >= 0.3 is 0 Å². The number of nitrogens with zero attached hydrogens (tertiary/aromatic N) is 1. The number of hydrazine groups is 1. The van der Waals surface area contributed by atoms with Crippen molar-refractivity contribution in [1.82, 2.24) is 10.7 Å². The van der Waals surface area contributed by atoms with Gasteiger partial charge in [0.1, 0.15) is 6.10 Å². The molecule has 0 bridgehead atoms. The summed E-state index contributed by atoms with van der Waals surface area (Å²) in [4.78, 5) is 5.31. The third-order valence-electron chi connectivity index (χ3n) is 2.53. The predicted octanol–water partition coefficient (Wildman–Crippen LogP) is 1.17. The number of benzene rings is 1. The van der Waals surface area contributed by atoms with Crippen LogP contribution >= 0.6 is 23.8 Å². The summed E-state index contributed by atoms with van der Waals surface area (Å²) in [5, 5.41) is 8.08. The molecule has 1 aliphatic heterocycles. The average molecular weight is 285 g/mol. The molecule has 7 heteroatoms. The van der Waals surface area contributed by atoms with Gasteiger partial charge in [0.25, 0.3) is 0 Å². The molecule has 1 atom stereocenters. The van der Waals surface area contributed by atoms with E-state index in [1.165, 1.54) is 0 Å². The second kappa shape index (κ2) is 5.99. The molecule has 0 saturated heterocycles. The summed E-state index contributed by atoms with van der Waals surface area (Å²) in [5.41, 5.74) is 4.27. The first-order chi connectivity index (χ1) is 8.69. The Balaban J connectivity index is 1.87. The molecule has 2 rings (SSSR count). The number of nitrogens with two attached hydrogens (primary N) is 1. The molecule has 1 heterocycles. The van der Waals surface area contributed by atoms with E-state index in [1.807, 2.05) is 24.3 Å². The molecular weight excluding hydrogens is 272 g/mol. The van der Waals surface area contributed by atoms with Crippen LogP contribution in [-0.4, -0.2) is 23.5 Å². The lowest BCUT2D eigenvalue weighted by Gasteiger charge is -2.10. The van der Waals surface area contributed by atoms with Gasteiger partial charge in [0, 0.05) is 11.4 Å². The van der Waals surface area contributed by atoms with Crippen LogP contribution in [0.4, 0.5) is 0 Å². The Hall–Kier alpha value is -1.37. The molecule has 1 aromatic rings. The third-order valence-corrected chi connectivity index (χ3v) is 3.05. The van der Waals surface area contributed by atoms with E-state index in [0.717, 1.165) is 17.7 Å². The number of rotatable bonds is 3. The van der Waals surface area contributed by atoms with Crippen LogP contribution in [0, 0.1) is 0 Å². The fourth-order valence-electron chi connectivity index (χ4n) is 1.61. The largest absolute Gasteiger partial charge is 0.390 e. The average Bonchev–Trinajstić information content (AvgIpc) is 2.85. The van der Waals surface area contributed by atoms with Crippen molar-refractivity contribution in [2.24, 2.45) is 11.0 Å². The summed E-state index contributed by atoms with van der Waals surface area (Å²) in [6.07, 6.45) is 0.684. The van der Waals surface area contributed by atoms with Gasteiger partial charge in [-0.2, -0.15) is 0 Å². The van der Waals surface area contributed by atoms with E-state index in [9.17, 15) is 0 Å². The van der Waals surface area contributed by atoms with Crippen molar-refractivity contribution in [3.8, 4) is 0 Å². The Bertz CT molecular complexity index is 463. The van der Waals surface area contributed by atoms with E-state index in [2.05, 4.69) is 15.9 Å². The first-order valence-corrected chi connectivity index (χ1v) is 6.20. The number of nitrogens with one attached hydrogen (secondary N) is 2. The van der Waals surface area contributed by atoms with Crippen molar-refractivity contribution >= 4 is 34.6 Å². The third kappa shape index (κ3) is 3.32. The topological polar surface area (TPSA) is 71.7 Å². The Morgan fingerprint density at radius 2 is 2.22 bits per heavy atom. The number of hydrogen-bond donors (Lipinski definition) is 3. The van der Waals surface area contributed by atoms with Gasteiger partial charge in [-0.15, -0.1) is 0 Å². The minimum Gasteiger partial charge on any atom is -0.390 e. The fourth-order valence-corrected chi connectivity index (χ4v) is 1.82. The van der Waals surface area contributed by atoms with E-state index in [4.69, 9.17) is 34.5 Å². The second-order valence-electron chi connectivity index (χ2n) is 3.83. The molecule has 1 unspecified atom stereocenters. The van der Waals surface area contributed by atoms with Crippen molar-refractivity contribution in [2.45, 2.75) is 12.5 Å². The van der Waals surface area contributed by atoms with Crippen LogP contribution in [0.5, 0.6) is 0 Å². The highest BCUT2D eigenvalue weighted by atomic mass is 35.5. The predicted molar refractivity (Wildman–Crippen MR) is 75.4 cm³/mol. The maximum Gasteiger partial charge on any atom is 0.180 e. The molecule has 0 fully saturated rings. The normalized spacial score (nSPS) is 17.9. The van der Waals surface area contributed by atoms with Crippen LogP contribution in [0.15, 0.2) is 29.4 Å². The molecule has 18 heavy (non-hydrogen) atoms. The Morgan fingerprint density at radius 3 is 2.89 bits per heavy atom. The first kappa shape index (κ1) is 13.1. The monoisotopic (exact) mass is 284 g/mol. The van der Waals surface area contributed by atoms with Crippen LogP contribution in [0.1, 0.15) is 12.0 Å². The Kier molecular flexibility index (Phi) is 4.35. The number of thiocarbonyl (C=S) groups is 1. The number of halogens is 1. The van der Waals surface area contributed by atoms with Crippen molar-refractivity contribution in [3.05, 3.63) is 34.9 Å². The lowest BCUT2D eigenvalue weighted by atomic mass is 10.1. The van der Waals surface area contributed by atoms with Crippen LogP contribution in [0.3, 0.4) is 0 Å². The van der Waals surface area contributed by atoms with Gasteiger partial charge in [-0.05, 0) is 29.9 Å². The molecule has 1 aromatic carbocycles. The summed E-state index contributed by atoms with van der Waals surface area (Å²) in [7, 11) is 0. The molecule has 5 nitrogen and oxygen atoms in total. The highest BCUT2D eigenvalue weighted by Gasteiger charge is 2.22. The summed E-state index contributed by atoms with van der Waals surface area (Å²) < 4.78 is 0. The van der Waals surface area contributed by atoms with E-state index < -0.39 is 0 Å². The quantitative estimate of drug-likeness (QED) is 0.442. The molecule has 4 N–H and O–H groups in total. The van der Waals surface area contributed by atoms with E-state index in [1.54, 1.807) is 0 Å². The van der Waals surface area contributed by atoms with Crippen molar-refractivity contribution < 1.29 is 4.84 Å². The zero-order valence-electron chi connectivity index (χ0n) is 9.52. The van der Waals surface area contributed by atoms with Crippen LogP contribution in [0.2, 0.25) is 5.02 Å². The lowest BCUT2D eigenvalue weighted by molar-refractivity contribution is 0.0885. The molecule has 0 spiro atoms. The molecule has 1 aliphatic rings. The first-order valence-electron chi connectivity index (χ1n) is 5.42. The molecule has 0 aromatic heterocycles. The SMILES string of the molecule is NNC(=S)NCC1CC(c2ccc(Cl)cc2)=NO1. The zero-order chi connectivity index (χ0) is 13.0. The Labute approximate surface area is 115 Å². The summed E-state index contributed by atoms with van der Waals surface area (Å²) in [5.74, 6) is 5.15. The van der Waals surface area contributed by atoms with Gasteiger partial charge in [-0.1, -0.05) is 28.9 Å². The molecule has 0 aliphatic carbocycles. The Morgan fingerprint density at radius 1 is 1.50 bits per heavy atom. The summed E-state index contributed by atoms with van der Waals surface area (Å²) >= 11 is 10.7. The minimum absolute atomic E-state index is 0.0398. The van der Waals surface area contributed by atoms with Crippen LogP contribution in [-0.2, 0) is 4.84 Å². The van der Waals surface area contributed by atoms with Gasteiger partial charge in [-0.25, -0.2) is 5.84 Å². The van der Waals surface area contributed by atoms with Crippen molar-refractivity contribution in [1.29, 1.82) is 0 Å². The van der Waals surface area contributed by atoms with Crippen LogP contribution in [0.25, 0.3) is 0 Å². The lowest BCUT2D eigenvalue weighted by Crippen LogP contribution is -2.42. The highest BCUT2D eigenvalue weighted by Crippen LogP contribution is 2.18. The van der Waals surface area contributed by atoms with Crippen LogP contribution < -0.4 is 16.6 Å². The van der Waals surface area contributed by atoms with Gasteiger partial charge < -0.3 is 15.6 Å². The number of hydrogen-bond acceptors (Lipinski definition) is 4. The van der Waals surface area contributed by atoms with Gasteiger partial charge in [-0.3, -0.25) is 0 Å². The van der Waals surface area contributed by atoms with Crippen molar-refractivity contribution in [2.75, 3.05) is 6.54 Å². The molecule has 0 amide bonds. The highest BCUT2D eigenvalue weighted by molar-refractivity contribution is 7.80. The van der Waals surface area contributed by atoms with E-state index >= 15 is 0 Å². The van der Waals surface area contributed by atoms with Gasteiger partial charge in [0.15, 0.2) is 5.11 Å². The smallest absolute Gasteiger partial charge is 0.180 e. The standard InChI is InChI=1S/C11H13ClN4OS/c12-8-3-1-7(2-4-8)10-5-9(17-16-10)6-14-11(18)15-13/h1-4,9H,5-6,13H2,(H2,14,15,18). The summed E-state index contributed by atoms with van der Waals surface area (Å²) in [6, 6.07) is 7.51.